The first-order chi connectivity index (χ1) is 12.1. The number of carbonyl (C=O) groups is 3. The molecule has 1 aliphatic rings. The van der Waals surface area contributed by atoms with Gasteiger partial charge in [-0.15, -0.1) is 0 Å². The van der Waals surface area contributed by atoms with E-state index in [1.54, 1.807) is 41.5 Å². The summed E-state index contributed by atoms with van der Waals surface area (Å²) in [7, 11) is 0. The minimum Gasteiger partial charge on any atom is -0.462 e. The van der Waals surface area contributed by atoms with E-state index in [1.807, 2.05) is 0 Å². The van der Waals surface area contributed by atoms with Gasteiger partial charge in [0.1, 0.15) is 24.9 Å². The Hall–Kier alpha value is -1.71. The predicted octanol–water partition coefficient (Wildman–Crippen LogP) is 0.116. The molecule has 0 aromatic heterocycles. The van der Waals surface area contributed by atoms with Gasteiger partial charge >= 0.3 is 11.9 Å². The lowest BCUT2D eigenvalue weighted by Crippen LogP contribution is -2.65. The van der Waals surface area contributed by atoms with E-state index < -0.39 is 59.3 Å². The molecule has 1 rings (SSSR count). The molecule has 1 saturated heterocycles. The van der Waals surface area contributed by atoms with E-state index in [0.29, 0.717) is 0 Å². The normalized spacial score (nSPS) is 29.0. The van der Waals surface area contributed by atoms with Crippen LogP contribution in [-0.4, -0.2) is 65.3 Å². The third kappa shape index (κ3) is 6.44. The van der Waals surface area contributed by atoms with Crippen molar-refractivity contribution in [3.63, 3.8) is 0 Å². The number of aliphatic hydroxyl groups is 2. The van der Waals surface area contributed by atoms with E-state index in [-0.39, 0.29) is 6.61 Å². The van der Waals surface area contributed by atoms with Gasteiger partial charge in [0.05, 0.1) is 10.8 Å². The molecular weight excluding hydrogens is 358 g/mol. The highest BCUT2D eigenvalue weighted by Crippen LogP contribution is 2.27. The van der Waals surface area contributed by atoms with Gasteiger partial charge in [0.25, 0.3) is 0 Å². The maximum Gasteiger partial charge on any atom is 0.311 e. The Labute approximate surface area is 159 Å². The first-order valence-corrected chi connectivity index (χ1v) is 8.81. The number of nitrogens with one attached hydrogen (secondary N) is 1. The topological polar surface area (TPSA) is 131 Å². The van der Waals surface area contributed by atoms with Crippen LogP contribution < -0.4 is 5.32 Å². The summed E-state index contributed by atoms with van der Waals surface area (Å²) in [6.45, 7) is 10.8. The van der Waals surface area contributed by atoms with E-state index in [2.05, 4.69) is 5.32 Å². The highest BCUT2D eigenvalue weighted by Gasteiger charge is 2.48. The third-order valence-electron chi connectivity index (χ3n) is 3.91. The Morgan fingerprint density at radius 3 is 1.96 bits per heavy atom. The molecule has 9 heteroatoms. The highest BCUT2D eigenvalue weighted by atomic mass is 16.6. The number of ether oxygens (including phenoxy) is 3. The zero-order valence-electron chi connectivity index (χ0n) is 16.9. The molecule has 1 fully saturated rings. The molecule has 0 radical (unpaired) electrons. The summed E-state index contributed by atoms with van der Waals surface area (Å²) in [5.74, 6) is -1.63. The number of esters is 2. The maximum atomic E-state index is 12.3. The lowest BCUT2D eigenvalue weighted by atomic mass is 9.94. The Morgan fingerprint density at radius 2 is 1.52 bits per heavy atom. The highest BCUT2D eigenvalue weighted by molar-refractivity contribution is 5.76. The zero-order chi connectivity index (χ0) is 21.2. The summed E-state index contributed by atoms with van der Waals surface area (Å²) in [6, 6.07) is -1.17. The summed E-state index contributed by atoms with van der Waals surface area (Å²) >= 11 is 0. The molecular formula is C18H31NO8. The fourth-order valence-electron chi connectivity index (χ4n) is 2.27. The van der Waals surface area contributed by atoms with Crippen LogP contribution in [0.5, 0.6) is 0 Å². The van der Waals surface area contributed by atoms with Crippen LogP contribution in [0.2, 0.25) is 0 Å². The standard InChI is InChI=1S/C18H31NO8/c1-9(20)19-11-13(27-16(24)18(5,6)7)12(21)10(26-14(11)22)8-25-15(23)17(2,3)4/h10-14,21-22H,8H2,1-7H3,(H,19,20)/t10-,11-,12-,13-,14+/m1/s1. The van der Waals surface area contributed by atoms with Crippen LogP contribution in [0.1, 0.15) is 48.5 Å². The molecule has 1 heterocycles. The van der Waals surface area contributed by atoms with E-state index in [9.17, 15) is 24.6 Å². The average molecular weight is 389 g/mol. The molecule has 0 aromatic carbocycles. The number of hydrogen-bond acceptors (Lipinski definition) is 8. The molecule has 3 N–H and O–H groups in total. The van der Waals surface area contributed by atoms with Crippen LogP contribution in [-0.2, 0) is 28.6 Å². The van der Waals surface area contributed by atoms with Crippen molar-refractivity contribution in [1.82, 2.24) is 5.32 Å². The van der Waals surface area contributed by atoms with Gasteiger partial charge in [-0.05, 0) is 41.5 Å². The van der Waals surface area contributed by atoms with Crippen molar-refractivity contribution in [2.75, 3.05) is 6.61 Å². The van der Waals surface area contributed by atoms with E-state index in [4.69, 9.17) is 14.2 Å². The minimum absolute atomic E-state index is 0.343. The van der Waals surface area contributed by atoms with Gasteiger partial charge in [-0.25, -0.2) is 0 Å². The summed E-state index contributed by atoms with van der Waals surface area (Å²) in [4.78, 5) is 35.6. The lowest BCUT2D eigenvalue weighted by Gasteiger charge is -2.43. The van der Waals surface area contributed by atoms with E-state index in [0.717, 1.165) is 0 Å². The molecule has 0 bridgehead atoms. The second-order valence-electron chi connectivity index (χ2n) is 8.75. The Morgan fingerprint density at radius 1 is 1.00 bits per heavy atom. The van der Waals surface area contributed by atoms with Crippen molar-refractivity contribution >= 4 is 17.8 Å². The molecule has 27 heavy (non-hydrogen) atoms. The number of hydrogen-bond donors (Lipinski definition) is 3. The van der Waals surface area contributed by atoms with Crippen molar-refractivity contribution in [3.8, 4) is 0 Å². The molecule has 0 saturated carbocycles. The zero-order valence-corrected chi connectivity index (χ0v) is 16.9. The van der Waals surface area contributed by atoms with E-state index >= 15 is 0 Å². The number of rotatable bonds is 4. The minimum atomic E-state index is -1.56. The monoisotopic (exact) mass is 389 g/mol. The maximum absolute atomic E-state index is 12.3. The summed E-state index contributed by atoms with van der Waals surface area (Å²) < 4.78 is 15.8. The first kappa shape index (κ1) is 23.3. The van der Waals surface area contributed by atoms with Gasteiger partial charge < -0.3 is 29.7 Å². The predicted molar refractivity (Wildman–Crippen MR) is 94.2 cm³/mol. The summed E-state index contributed by atoms with van der Waals surface area (Å²) in [5.41, 5.74) is -1.62. The third-order valence-corrected chi connectivity index (χ3v) is 3.91. The number of carbonyl (C=O) groups excluding carboxylic acids is 3. The molecule has 9 nitrogen and oxygen atoms in total. The van der Waals surface area contributed by atoms with Crippen LogP contribution in [0.3, 0.4) is 0 Å². The molecule has 156 valence electrons. The van der Waals surface area contributed by atoms with Crippen molar-refractivity contribution in [2.24, 2.45) is 10.8 Å². The van der Waals surface area contributed by atoms with Gasteiger partial charge in [0.15, 0.2) is 12.4 Å². The van der Waals surface area contributed by atoms with Gasteiger partial charge in [-0.2, -0.15) is 0 Å². The second-order valence-corrected chi connectivity index (χ2v) is 8.75. The first-order valence-electron chi connectivity index (χ1n) is 8.81. The van der Waals surface area contributed by atoms with Gasteiger partial charge in [-0.3, -0.25) is 14.4 Å². The molecule has 1 aliphatic heterocycles. The van der Waals surface area contributed by atoms with Crippen molar-refractivity contribution < 1.29 is 38.8 Å². The fourth-order valence-corrected chi connectivity index (χ4v) is 2.27. The molecule has 0 aromatic rings. The SMILES string of the molecule is CC(=O)N[C@@H]1[C@@H](OC(=O)C(C)(C)C)[C@H](O)[C@@H](COC(=O)C(C)(C)C)O[C@@H]1O. The van der Waals surface area contributed by atoms with Crippen molar-refractivity contribution in [2.45, 2.75) is 79.1 Å². The van der Waals surface area contributed by atoms with Crippen LogP contribution in [0, 0.1) is 10.8 Å². The summed E-state index contributed by atoms with van der Waals surface area (Å²) in [5, 5.41) is 23.3. The summed E-state index contributed by atoms with van der Waals surface area (Å²) in [6.07, 6.45) is -5.39. The van der Waals surface area contributed by atoms with Crippen LogP contribution in [0.15, 0.2) is 0 Å². The van der Waals surface area contributed by atoms with Gasteiger partial charge in [0.2, 0.25) is 5.91 Å². The van der Waals surface area contributed by atoms with Crippen molar-refractivity contribution in [1.29, 1.82) is 0 Å². The quantitative estimate of drug-likeness (QED) is 0.578. The molecule has 5 atom stereocenters. The van der Waals surface area contributed by atoms with Crippen LogP contribution in [0.25, 0.3) is 0 Å². The average Bonchev–Trinajstić information content (AvgIpc) is 2.49. The van der Waals surface area contributed by atoms with Crippen molar-refractivity contribution in [3.05, 3.63) is 0 Å². The number of aliphatic hydroxyl groups excluding tert-OH is 2. The van der Waals surface area contributed by atoms with Gasteiger partial charge in [-0.1, -0.05) is 0 Å². The van der Waals surface area contributed by atoms with Crippen LogP contribution in [0.4, 0.5) is 0 Å². The molecule has 0 unspecified atom stereocenters. The fraction of sp³-hybridized carbons (Fsp3) is 0.833. The second kappa shape index (κ2) is 8.53. The van der Waals surface area contributed by atoms with E-state index in [1.165, 1.54) is 6.92 Å². The molecule has 1 amide bonds. The lowest BCUT2D eigenvalue weighted by molar-refractivity contribution is -0.262. The van der Waals surface area contributed by atoms with Gasteiger partial charge in [0, 0.05) is 6.92 Å². The number of amides is 1. The molecule has 0 aliphatic carbocycles. The Bertz CT molecular complexity index is 563. The molecule has 0 spiro atoms. The largest absolute Gasteiger partial charge is 0.462 e. The Kier molecular flexibility index (Phi) is 7.37. The smallest absolute Gasteiger partial charge is 0.311 e. The van der Waals surface area contributed by atoms with Crippen LogP contribution >= 0.6 is 0 Å². The Balaban J connectivity index is 2.98.